The summed E-state index contributed by atoms with van der Waals surface area (Å²) in [7, 11) is 0. The van der Waals surface area contributed by atoms with E-state index in [1.54, 1.807) is 6.92 Å². The third-order valence-electron chi connectivity index (χ3n) is 3.04. The molecule has 0 saturated heterocycles. The van der Waals surface area contributed by atoms with Gasteiger partial charge < -0.3 is 4.74 Å². The molecule has 0 aliphatic carbocycles. The van der Waals surface area contributed by atoms with Gasteiger partial charge in [0.15, 0.2) is 0 Å². The van der Waals surface area contributed by atoms with Gasteiger partial charge in [-0.3, -0.25) is 14.5 Å². The Morgan fingerprint density at radius 1 is 1.20 bits per heavy atom. The number of nitrogens with zero attached hydrogens (tertiary/aromatic N) is 1. The molecule has 0 amide bonds. The predicted octanol–water partition coefficient (Wildman–Crippen LogP) is 2.42. The number of esters is 1. The fourth-order valence-electron chi connectivity index (χ4n) is 2.19. The van der Waals surface area contributed by atoms with Gasteiger partial charge in [-0.1, -0.05) is 37.3 Å². The minimum Gasteiger partial charge on any atom is -0.465 e. The van der Waals surface area contributed by atoms with E-state index in [-0.39, 0.29) is 24.3 Å². The van der Waals surface area contributed by atoms with Crippen molar-refractivity contribution in [3.8, 4) is 0 Å². The van der Waals surface area contributed by atoms with Crippen molar-refractivity contribution in [2.24, 2.45) is 0 Å². The van der Waals surface area contributed by atoms with E-state index in [0.717, 1.165) is 5.56 Å². The van der Waals surface area contributed by atoms with E-state index in [4.69, 9.17) is 4.74 Å². The highest BCUT2D eigenvalue weighted by molar-refractivity contribution is 5.80. The Bertz CT molecular complexity index is 431. The molecule has 0 saturated carbocycles. The number of ketones is 1. The zero-order chi connectivity index (χ0) is 15.0. The van der Waals surface area contributed by atoms with Crippen LogP contribution in [0.4, 0.5) is 0 Å². The molecule has 0 spiro atoms. The van der Waals surface area contributed by atoms with E-state index in [1.807, 2.05) is 42.2 Å². The second-order valence-electron chi connectivity index (χ2n) is 4.77. The number of ether oxygens (including phenoxy) is 1. The molecule has 20 heavy (non-hydrogen) atoms. The first-order valence-electron chi connectivity index (χ1n) is 7.02. The number of hydrogen-bond donors (Lipinski definition) is 0. The lowest BCUT2D eigenvalue weighted by atomic mass is 10.1. The summed E-state index contributed by atoms with van der Waals surface area (Å²) in [4.78, 5) is 25.3. The third-order valence-corrected chi connectivity index (χ3v) is 3.04. The Morgan fingerprint density at radius 2 is 1.85 bits per heavy atom. The Labute approximate surface area is 120 Å². The molecule has 0 radical (unpaired) electrons. The van der Waals surface area contributed by atoms with Gasteiger partial charge in [0.05, 0.1) is 13.2 Å². The highest BCUT2D eigenvalue weighted by atomic mass is 16.5. The van der Waals surface area contributed by atoms with Gasteiger partial charge in [-0.05, 0) is 25.8 Å². The molecule has 0 bridgehead atoms. The summed E-state index contributed by atoms with van der Waals surface area (Å²) in [6.45, 7) is 6.44. The number of hydrogen-bond acceptors (Lipinski definition) is 4. The van der Waals surface area contributed by atoms with Gasteiger partial charge in [-0.15, -0.1) is 0 Å². The second kappa shape index (κ2) is 8.48. The van der Waals surface area contributed by atoms with E-state index in [2.05, 4.69) is 0 Å². The van der Waals surface area contributed by atoms with Crippen LogP contribution in [0.25, 0.3) is 0 Å². The molecule has 0 aromatic heterocycles. The van der Waals surface area contributed by atoms with Crippen LogP contribution in [-0.4, -0.2) is 35.8 Å². The van der Waals surface area contributed by atoms with Crippen LogP contribution in [0, 0.1) is 0 Å². The third kappa shape index (κ3) is 5.13. The lowest BCUT2D eigenvalue weighted by Crippen LogP contribution is -2.43. The van der Waals surface area contributed by atoms with Crippen LogP contribution < -0.4 is 0 Å². The maximum atomic E-state index is 12.0. The van der Waals surface area contributed by atoms with Crippen LogP contribution in [0.1, 0.15) is 32.8 Å². The summed E-state index contributed by atoms with van der Waals surface area (Å²) >= 11 is 0. The minimum atomic E-state index is -0.376. The van der Waals surface area contributed by atoms with Gasteiger partial charge in [-0.2, -0.15) is 0 Å². The molecule has 1 aromatic rings. The van der Waals surface area contributed by atoms with Crippen LogP contribution >= 0.6 is 0 Å². The molecule has 4 nitrogen and oxygen atoms in total. The van der Waals surface area contributed by atoms with E-state index in [9.17, 15) is 9.59 Å². The largest absolute Gasteiger partial charge is 0.465 e. The Kier molecular flexibility index (Phi) is 6.94. The smallest absolute Gasteiger partial charge is 0.323 e. The van der Waals surface area contributed by atoms with Gasteiger partial charge in [0.25, 0.3) is 0 Å². The number of rotatable bonds is 8. The summed E-state index contributed by atoms with van der Waals surface area (Å²) in [5.74, 6) is -0.212. The highest BCUT2D eigenvalue weighted by Crippen LogP contribution is 2.12. The zero-order valence-electron chi connectivity index (χ0n) is 12.5. The van der Waals surface area contributed by atoms with Crippen LogP contribution in [0.15, 0.2) is 30.3 Å². The zero-order valence-corrected chi connectivity index (χ0v) is 12.5. The molecule has 1 unspecified atom stereocenters. The summed E-state index contributed by atoms with van der Waals surface area (Å²) in [5, 5.41) is 0. The van der Waals surface area contributed by atoms with Gasteiger partial charge in [0.2, 0.25) is 0 Å². The monoisotopic (exact) mass is 277 g/mol. The normalized spacial score (nSPS) is 12.2. The van der Waals surface area contributed by atoms with Crippen molar-refractivity contribution in [3.63, 3.8) is 0 Å². The first-order chi connectivity index (χ1) is 9.58. The van der Waals surface area contributed by atoms with E-state index in [1.165, 1.54) is 6.92 Å². The summed E-state index contributed by atoms with van der Waals surface area (Å²) < 4.78 is 5.10. The Hall–Kier alpha value is -1.68. The maximum absolute atomic E-state index is 12.0. The van der Waals surface area contributed by atoms with Gasteiger partial charge >= 0.3 is 5.97 Å². The fraction of sp³-hybridized carbons (Fsp3) is 0.500. The standard InChI is InChI=1S/C16H23NO3/c1-4-15(16(19)20-5-2)17(11-13(3)18)12-14-9-7-6-8-10-14/h6-10,15H,4-5,11-12H2,1-3H3. The molecule has 0 N–H and O–H groups in total. The summed E-state index contributed by atoms with van der Waals surface area (Å²) in [5.41, 5.74) is 1.08. The van der Waals surface area contributed by atoms with E-state index in [0.29, 0.717) is 19.6 Å². The van der Waals surface area contributed by atoms with Crippen molar-refractivity contribution in [2.45, 2.75) is 39.8 Å². The average Bonchev–Trinajstić information content (AvgIpc) is 2.40. The van der Waals surface area contributed by atoms with E-state index < -0.39 is 0 Å². The van der Waals surface area contributed by atoms with E-state index >= 15 is 0 Å². The molecule has 0 fully saturated rings. The molecule has 0 aliphatic rings. The van der Waals surface area contributed by atoms with Crippen molar-refractivity contribution in [1.29, 1.82) is 0 Å². The minimum absolute atomic E-state index is 0.0451. The van der Waals surface area contributed by atoms with Crippen LogP contribution in [0.3, 0.4) is 0 Å². The van der Waals surface area contributed by atoms with Crippen molar-refractivity contribution in [3.05, 3.63) is 35.9 Å². The van der Waals surface area contributed by atoms with Gasteiger partial charge in [0.1, 0.15) is 11.8 Å². The van der Waals surface area contributed by atoms with Crippen LogP contribution in [0.5, 0.6) is 0 Å². The molecule has 1 atom stereocenters. The molecular formula is C16H23NO3. The Morgan fingerprint density at radius 3 is 2.35 bits per heavy atom. The molecule has 0 aliphatic heterocycles. The molecular weight excluding hydrogens is 254 g/mol. The molecule has 0 heterocycles. The van der Waals surface area contributed by atoms with Crippen LogP contribution in [0.2, 0.25) is 0 Å². The maximum Gasteiger partial charge on any atom is 0.323 e. The van der Waals surface area contributed by atoms with Crippen molar-refractivity contribution in [1.82, 2.24) is 4.90 Å². The number of carbonyl (C=O) groups is 2. The Balaban J connectivity index is 2.86. The van der Waals surface area contributed by atoms with Crippen molar-refractivity contribution in [2.75, 3.05) is 13.2 Å². The fourth-order valence-corrected chi connectivity index (χ4v) is 2.19. The SMILES string of the molecule is CCOC(=O)C(CC)N(CC(C)=O)Cc1ccccc1. The molecule has 110 valence electrons. The quantitative estimate of drug-likeness (QED) is 0.685. The highest BCUT2D eigenvalue weighted by Gasteiger charge is 2.26. The topological polar surface area (TPSA) is 46.6 Å². The van der Waals surface area contributed by atoms with Crippen molar-refractivity contribution < 1.29 is 14.3 Å². The summed E-state index contributed by atoms with van der Waals surface area (Å²) in [6, 6.07) is 9.45. The lowest BCUT2D eigenvalue weighted by Gasteiger charge is -2.28. The number of Topliss-reactive ketones (excluding diaryl/α,β-unsaturated/α-hetero) is 1. The second-order valence-corrected chi connectivity index (χ2v) is 4.77. The van der Waals surface area contributed by atoms with Crippen molar-refractivity contribution >= 4 is 11.8 Å². The number of benzene rings is 1. The predicted molar refractivity (Wildman–Crippen MR) is 78.2 cm³/mol. The van der Waals surface area contributed by atoms with Crippen LogP contribution in [-0.2, 0) is 20.9 Å². The lowest BCUT2D eigenvalue weighted by molar-refractivity contribution is -0.150. The average molecular weight is 277 g/mol. The first-order valence-corrected chi connectivity index (χ1v) is 7.02. The molecule has 1 aromatic carbocycles. The number of carbonyl (C=O) groups excluding carboxylic acids is 2. The van der Waals surface area contributed by atoms with Gasteiger partial charge in [-0.25, -0.2) is 0 Å². The molecule has 1 rings (SSSR count). The first kappa shape index (κ1) is 16.4. The molecule has 4 heteroatoms. The summed E-state index contributed by atoms with van der Waals surface area (Å²) in [6.07, 6.45) is 0.624. The van der Waals surface area contributed by atoms with Gasteiger partial charge in [0, 0.05) is 6.54 Å².